The molecule has 2 aromatic carbocycles. The van der Waals surface area contributed by atoms with Gasteiger partial charge in [-0.2, -0.15) is 0 Å². The highest BCUT2D eigenvalue weighted by atomic mass is 79.9. The molecule has 4 nitrogen and oxygen atoms in total. The molecule has 5 heteroatoms. The quantitative estimate of drug-likeness (QED) is 0.752. The van der Waals surface area contributed by atoms with Crippen LogP contribution in [-0.4, -0.2) is 25.1 Å². The molecule has 1 aliphatic heterocycles. The average molecular weight is 417 g/mol. The number of piperidine rings is 1. The van der Waals surface area contributed by atoms with Crippen molar-refractivity contribution in [3.8, 4) is 5.75 Å². The van der Waals surface area contributed by atoms with Crippen LogP contribution >= 0.6 is 15.9 Å². The fraction of sp³-hybridized carbons (Fsp3) is 0.381. The van der Waals surface area contributed by atoms with Crippen molar-refractivity contribution in [1.82, 2.24) is 5.32 Å². The Hall–Kier alpha value is -2.01. The molecule has 0 aromatic heterocycles. The van der Waals surface area contributed by atoms with E-state index in [2.05, 4.69) is 50.4 Å². The summed E-state index contributed by atoms with van der Waals surface area (Å²) < 4.78 is 6.66. The van der Waals surface area contributed by atoms with E-state index in [-0.39, 0.29) is 5.91 Å². The van der Waals surface area contributed by atoms with E-state index in [1.165, 1.54) is 24.9 Å². The molecule has 1 aliphatic rings. The van der Waals surface area contributed by atoms with Crippen molar-refractivity contribution in [2.24, 2.45) is 0 Å². The molecule has 1 unspecified atom stereocenters. The van der Waals surface area contributed by atoms with E-state index in [0.29, 0.717) is 12.3 Å². The number of rotatable bonds is 6. The molecule has 0 radical (unpaired) electrons. The molecule has 0 aliphatic carbocycles. The molecule has 2 aromatic rings. The Balaban J connectivity index is 1.48. The van der Waals surface area contributed by atoms with Gasteiger partial charge in [0.2, 0.25) is 0 Å². The summed E-state index contributed by atoms with van der Waals surface area (Å²) in [5.41, 5.74) is 2.36. The van der Waals surface area contributed by atoms with Gasteiger partial charge in [0, 0.05) is 29.8 Å². The van der Waals surface area contributed by atoms with Crippen molar-refractivity contribution in [3.05, 3.63) is 58.6 Å². The van der Waals surface area contributed by atoms with Gasteiger partial charge >= 0.3 is 0 Å². The lowest BCUT2D eigenvalue weighted by Gasteiger charge is -2.28. The Morgan fingerprint density at radius 3 is 2.38 bits per heavy atom. The predicted molar refractivity (Wildman–Crippen MR) is 109 cm³/mol. The number of carbonyl (C=O) groups excluding carboxylic acids is 1. The number of hydrogen-bond acceptors (Lipinski definition) is 3. The van der Waals surface area contributed by atoms with Crippen LogP contribution in [-0.2, 0) is 11.3 Å². The first kappa shape index (κ1) is 18.8. The van der Waals surface area contributed by atoms with Gasteiger partial charge in [0.1, 0.15) is 5.75 Å². The molecule has 138 valence electrons. The molecule has 3 rings (SSSR count). The number of nitrogens with zero attached hydrogens (tertiary/aromatic N) is 1. The maximum absolute atomic E-state index is 12.2. The van der Waals surface area contributed by atoms with Crippen LogP contribution in [0.5, 0.6) is 5.75 Å². The largest absolute Gasteiger partial charge is 0.481 e. The Morgan fingerprint density at radius 2 is 1.73 bits per heavy atom. The first-order valence-electron chi connectivity index (χ1n) is 9.15. The van der Waals surface area contributed by atoms with Gasteiger partial charge in [-0.3, -0.25) is 4.79 Å². The predicted octanol–water partition coefficient (Wildman–Crippen LogP) is 4.52. The monoisotopic (exact) mass is 416 g/mol. The van der Waals surface area contributed by atoms with E-state index in [0.717, 1.165) is 23.1 Å². The molecule has 1 fully saturated rings. The van der Waals surface area contributed by atoms with E-state index >= 15 is 0 Å². The number of hydrogen-bond donors (Lipinski definition) is 1. The average Bonchev–Trinajstić information content (AvgIpc) is 2.69. The number of halogens is 1. The standard InChI is InChI=1S/C21H25BrN2O2/c1-16(26-20-11-7-18(22)8-12-20)21(25)23-15-17-5-9-19(10-6-17)24-13-3-2-4-14-24/h5-12,16H,2-4,13-15H2,1H3,(H,23,25). The van der Waals surface area contributed by atoms with E-state index in [9.17, 15) is 4.79 Å². The second-order valence-corrected chi connectivity index (χ2v) is 7.56. The lowest BCUT2D eigenvalue weighted by atomic mass is 10.1. The van der Waals surface area contributed by atoms with Crippen molar-refractivity contribution in [2.75, 3.05) is 18.0 Å². The van der Waals surface area contributed by atoms with Gasteiger partial charge in [0.15, 0.2) is 6.10 Å². The van der Waals surface area contributed by atoms with Crippen molar-refractivity contribution >= 4 is 27.5 Å². The molecule has 0 spiro atoms. The summed E-state index contributed by atoms with van der Waals surface area (Å²) in [5, 5.41) is 2.94. The Bertz CT molecular complexity index is 710. The number of benzene rings is 2. The minimum absolute atomic E-state index is 0.118. The Labute approximate surface area is 163 Å². The number of anilines is 1. The molecule has 1 saturated heterocycles. The van der Waals surface area contributed by atoms with Gasteiger partial charge in [-0.15, -0.1) is 0 Å². The topological polar surface area (TPSA) is 41.6 Å². The molecular formula is C21H25BrN2O2. The van der Waals surface area contributed by atoms with Crippen molar-refractivity contribution in [2.45, 2.75) is 38.8 Å². The second kappa shape index (κ2) is 9.08. The molecular weight excluding hydrogens is 392 g/mol. The van der Waals surface area contributed by atoms with Crippen molar-refractivity contribution in [3.63, 3.8) is 0 Å². The van der Waals surface area contributed by atoms with Crippen LogP contribution < -0.4 is 15.0 Å². The second-order valence-electron chi connectivity index (χ2n) is 6.65. The number of ether oxygens (including phenoxy) is 1. The zero-order chi connectivity index (χ0) is 18.4. The minimum atomic E-state index is -0.538. The molecule has 26 heavy (non-hydrogen) atoms. The maximum atomic E-state index is 12.2. The molecule has 1 heterocycles. The molecule has 0 bridgehead atoms. The fourth-order valence-electron chi connectivity index (χ4n) is 3.08. The Kier molecular flexibility index (Phi) is 6.56. The highest BCUT2D eigenvalue weighted by Gasteiger charge is 2.15. The zero-order valence-electron chi connectivity index (χ0n) is 15.1. The summed E-state index contributed by atoms with van der Waals surface area (Å²) in [7, 11) is 0. The van der Waals surface area contributed by atoms with Gasteiger partial charge in [0.05, 0.1) is 0 Å². The van der Waals surface area contributed by atoms with Gasteiger partial charge in [-0.1, -0.05) is 28.1 Å². The number of amides is 1. The van der Waals surface area contributed by atoms with E-state index in [1.807, 2.05) is 24.3 Å². The smallest absolute Gasteiger partial charge is 0.261 e. The first-order valence-corrected chi connectivity index (χ1v) is 9.95. The van der Waals surface area contributed by atoms with Gasteiger partial charge < -0.3 is 15.0 Å². The third kappa shape index (κ3) is 5.24. The fourth-order valence-corrected chi connectivity index (χ4v) is 3.34. The molecule has 0 saturated carbocycles. The van der Waals surface area contributed by atoms with E-state index in [4.69, 9.17) is 4.74 Å². The highest BCUT2D eigenvalue weighted by molar-refractivity contribution is 9.10. The molecule has 1 amide bonds. The van der Waals surface area contributed by atoms with Crippen LogP contribution in [0.15, 0.2) is 53.0 Å². The Morgan fingerprint density at radius 1 is 1.08 bits per heavy atom. The van der Waals surface area contributed by atoms with Crippen LogP contribution in [0.4, 0.5) is 5.69 Å². The van der Waals surface area contributed by atoms with Gasteiger partial charge in [0.25, 0.3) is 5.91 Å². The molecule has 1 atom stereocenters. The van der Waals surface area contributed by atoms with Crippen LogP contribution in [0.3, 0.4) is 0 Å². The van der Waals surface area contributed by atoms with Gasteiger partial charge in [-0.05, 0) is 68.1 Å². The van der Waals surface area contributed by atoms with E-state index < -0.39 is 6.10 Å². The third-order valence-corrected chi connectivity index (χ3v) is 5.15. The normalized spacial score (nSPS) is 15.4. The highest BCUT2D eigenvalue weighted by Crippen LogP contribution is 2.20. The summed E-state index contributed by atoms with van der Waals surface area (Å²) >= 11 is 3.38. The SMILES string of the molecule is CC(Oc1ccc(Br)cc1)C(=O)NCc1ccc(N2CCCCC2)cc1. The van der Waals surface area contributed by atoms with Crippen LogP contribution in [0.25, 0.3) is 0 Å². The lowest BCUT2D eigenvalue weighted by molar-refractivity contribution is -0.127. The summed E-state index contributed by atoms with van der Waals surface area (Å²) in [6.07, 6.45) is 3.34. The summed E-state index contributed by atoms with van der Waals surface area (Å²) in [4.78, 5) is 14.7. The zero-order valence-corrected chi connectivity index (χ0v) is 16.7. The van der Waals surface area contributed by atoms with Crippen molar-refractivity contribution in [1.29, 1.82) is 0 Å². The minimum Gasteiger partial charge on any atom is -0.481 e. The number of nitrogens with one attached hydrogen (secondary N) is 1. The van der Waals surface area contributed by atoms with Crippen LogP contribution in [0, 0.1) is 0 Å². The molecule has 1 N–H and O–H groups in total. The van der Waals surface area contributed by atoms with Crippen LogP contribution in [0.2, 0.25) is 0 Å². The lowest BCUT2D eigenvalue weighted by Crippen LogP contribution is -2.35. The summed E-state index contributed by atoms with van der Waals surface area (Å²) in [5.74, 6) is 0.565. The maximum Gasteiger partial charge on any atom is 0.261 e. The van der Waals surface area contributed by atoms with Crippen LogP contribution in [0.1, 0.15) is 31.7 Å². The van der Waals surface area contributed by atoms with Crippen molar-refractivity contribution < 1.29 is 9.53 Å². The van der Waals surface area contributed by atoms with Gasteiger partial charge in [-0.25, -0.2) is 0 Å². The first-order chi connectivity index (χ1) is 12.6. The summed E-state index contributed by atoms with van der Waals surface area (Å²) in [6.45, 7) is 4.55. The third-order valence-electron chi connectivity index (χ3n) is 4.62. The number of carbonyl (C=O) groups is 1. The van der Waals surface area contributed by atoms with E-state index in [1.54, 1.807) is 6.92 Å². The summed E-state index contributed by atoms with van der Waals surface area (Å²) in [6, 6.07) is 15.9.